The molecular weight excluding hydrogens is 465 g/mol. The minimum atomic E-state index is -3.98. The second-order valence-corrected chi connectivity index (χ2v) is 10.00. The van der Waals surface area contributed by atoms with Crippen molar-refractivity contribution in [2.24, 2.45) is 0 Å². The summed E-state index contributed by atoms with van der Waals surface area (Å²) in [5.41, 5.74) is 0.392. The van der Waals surface area contributed by atoms with E-state index in [1.54, 1.807) is 19.0 Å². The number of sulfonamides is 1. The topological polar surface area (TPSA) is 114 Å². The van der Waals surface area contributed by atoms with Gasteiger partial charge in [0.15, 0.2) is 0 Å². The van der Waals surface area contributed by atoms with Crippen LogP contribution in [0, 0.1) is 5.82 Å². The third-order valence-electron chi connectivity index (χ3n) is 6.08. The molecule has 0 aromatic heterocycles. The molecule has 0 spiro atoms. The fourth-order valence-corrected chi connectivity index (χ4v) is 5.28. The summed E-state index contributed by atoms with van der Waals surface area (Å²) in [7, 11) is -0.729. The number of rotatable bonds is 5. The van der Waals surface area contributed by atoms with Gasteiger partial charge in [0.1, 0.15) is 24.3 Å². The van der Waals surface area contributed by atoms with Gasteiger partial charge < -0.3 is 19.7 Å². The van der Waals surface area contributed by atoms with Crippen LogP contribution >= 0.6 is 0 Å². The summed E-state index contributed by atoms with van der Waals surface area (Å²) < 4.78 is 52.9. The second kappa shape index (κ2) is 9.59. The highest BCUT2D eigenvalue weighted by Crippen LogP contribution is 2.33. The first-order valence-corrected chi connectivity index (χ1v) is 12.3. The van der Waals surface area contributed by atoms with E-state index in [0.29, 0.717) is 18.6 Å². The van der Waals surface area contributed by atoms with Gasteiger partial charge >= 0.3 is 0 Å². The number of carbonyl (C=O) groups excluding carboxylic acids is 2. The number of amides is 2. The van der Waals surface area contributed by atoms with Gasteiger partial charge in [0, 0.05) is 19.8 Å². The van der Waals surface area contributed by atoms with E-state index in [9.17, 15) is 22.4 Å². The molecule has 0 aliphatic carbocycles. The van der Waals surface area contributed by atoms with E-state index in [2.05, 4.69) is 10.0 Å². The molecule has 1 fully saturated rings. The number of anilines is 1. The third-order valence-corrected chi connectivity index (χ3v) is 7.48. The highest BCUT2D eigenvalue weighted by Gasteiger charge is 2.39. The Bertz CT molecular complexity index is 1190. The number of ether oxygens (including phenoxy) is 2. The van der Waals surface area contributed by atoms with Crippen LogP contribution in [0.1, 0.15) is 29.6 Å². The molecule has 3 atom stereocenters. The number of benzene rings is 2. The molecule has 2 aromatic rings. The van der Waals surface area contributed by atoms with Gasteiger partial charge in [-0.3, -0.25) is 14.3 Å². The van der Waals surface area contributed by atoms with Crippen LogP contribution in [0.3, 0.4) is 0 Å². The average molecular weight is 492 g/mol. The molecule has 0 unspecified atom stereocenters. The van der Waals surface area contributed by atoms with Crippen molar-refractivity contribution >= 4 is 27.5 Å². The number of nitrogens with zero attached hydrogens (tertiary/aromatic N) is 1. The van der Waals surface area contributed by atoms with Crippen molar-refractivity contribution in [3.63, 3.8) is 0 Å². The number of likely N-dealkylation sites (N-methyl/N-ethyl adjacent to an activating group) is 1. The lowest BCUT2D eigenvalue weighted by atomic mass is 9.94. The molecule has 2 heterocycles. The minimum Gasteiger partial charge on any atom is -0.490 e. The first-order chi connectivity index (χ1) is 16.2. The molecule has 4 rings (SSSR count). The predicted octanol–water partition coefficient (Wildman–Crippen LogP) is 2.14. The number of nitrogens with one attached hydrogen (secondary N) is 2. The molecule has 1 saturated heterocycles. The maximum absolute atomic E-state index is 13.3. The highest BCUT2D eigenvalue weighted by atomic mass is 32.2. The number of fused-ring (bicyclic) bond motifs is 2. The largest absolute Gasteiger partial charge is 0.490 e. The lowest BCUT2D eigenvalue weighted by Gasteiger charge is -2.42. The van der Waals surface area contributed by atoms with Crippen molar-refractivity contribution in [1.82, 2.24) is 10.2 Å². The summed E-state index contributed by atoms with van der Waals surface area (Å²) in [6, 6.07) is 8.63. The number of hydrogen-bond acceptors (Lipinski definition) is 6. The Labute approximate surface area is 197 Å². The number of halogens is 1. The normalized spacial score (nSPS) is 22.5. The van der Waals surface area contributed by atoms with Gasteiger partial charge in [0.2, 0.25) is 5.91 Å². The van der Waals surface area contributed by atoms with Gasteiger partial charge in [-0.15, -0.1) is 0 Å². The molecule has 2 aliphatic rings. The van der Waals surface area contributed by atoms with Crippen molar-refractivity contribution in [2.75, 3.05) is 25.4 Å². The SMILES string of the molecule is CNC(=O)C[C@H]1CC[C@H]2[C@H](COc3ccc(NS(=O)(=O)c4ccc(F)cc4)cc3C(=O)N2C)O1. The molecule has 2 aromatic carbocycles. The Morgan fingerprint density at radius 1 is 1.18 bits per heavy atom. The van der Waals surface area contributed by atoms with Crippen molar-refractivity contribution in [2.45, 2.75) is 42.4 Å². The number of carbonyl (C=O) groups is 2. The summed E-state index contributed by atoms with van der Waals surface area (Å²) in [5, 5.41) is 2.59. The van der Waals surface area contributed by atoms with E-state index in [-0.39, 0.29) is 53.1 Å². The zero-order valence-corrected chi connectivity index (χ0v) is 19.6. The van der Waals surface area contributed by atoms with Crippen LogP contribution in [0.15, 0.2) is 47.4 Å². The molecule has 2 amide bonds. The van der Waals surface area contributed by atoms with Gasteiger partial charge in [0.05, 0.1) is 29.0 Å². The van der Waals surface area contributed by atoms with Crippen LogP contribution in [-0.2, 0) is 19.6 Å². The molecular formula is C23H26FN3O6S. The fraction of sp³-hybridized carbons (Fsp3) is 0.391. The second-order valence-electron chi connectivity index (χ2n) is 8.32. The zero-order chi connectivity index (χ0) is 24.5. The zero-order valence-electron chi connectivity index (χ0n) is 18.8. The summed E-state index contributed by atoms with van der Waals surface area (Å²) in [4.78, 5) is 26.5. The minimum absolute atomic E-state index is 0.103. The van der Waals surface area contributed by atoms with Gasteiger partial charge in [-0.05, 0) is 55.3 Å². The Hall–Kier alpha value is -3.18. The van der Waals surface area contributed by atoms with E-state index in [1.807, 2.05) is 0 Å². The van der Waals surface area contributed by atoms with Crippen LogP contribution in [0.25, 0.3) is 0 Å². The smallest absolute Gasteiger partial charge is 0.261 e. The summed E-state index contributed by atoms with van der Waals surface area (Å²) in [6.45, 7) is 0.181. The molecule has 2 N–H and O–H groups in total. The van der Waals surface area contributed by atoms with Crippen molar-refractivity contribution in [3.8, 4) is 5.75 Å². The predicted molar refractivity (Wildman–Crippen MR) is 122 cm³/mol. The summed E-state index contributed by atoms with van der Waals surface area (Å²) >= 11 is 0. The lowest BCUT2D eigenvalue weighted by Crippen LogP contribution is -2.53. The van der Waals surface area contributed by atoms with Crippen LogP contribution < -0.4 is 14.8 Å². The Balaban J connectivity index is 1.55. The van der Waals surface area contributed by atoms with E-state index in [4.69, 9.17) is 9.47 Å². The molecule has 0 radical (unpaired) electrons. The van der Waals surface area contributed by atoms with Crippen molar-refractivity contribution in [1.29, 1.82) is 0 Å². The molecule has 11 heteroatoms. The standard InChI is InChI=1S/C23H26FN3O6S/c1-25-22(28)12-16-6-9-19-21(33-16)13-32-20-10-5-15(11-18(20)23(29)27(19)2)26-34(30,31)17-7-3-14(24)4-8-17/h3-5,7-8,10-11,16,19,21,26H,6,9,12-13H2,1-2H3,(H,25,28)/t16-,19+,21+/m1/s1. The van der Waals surface area contributed by atoms with E-state index in [0.717, 1.165) is 24.3 Å². The number of hydrogen-bond donors (Lipinski definition) is 2. The van der Waals surface area contributed by atoms with Gasteiger partial charge in [-0.1, -0.05) is 0 Å². The van der Waals surface area contributed by atoms with E-state index in [1.165, 1.54) is 18.2 Å². The van der Waals surface area contributed by atoms with E-state index >= 15 is 0 Å². The lowest BCUT2D eigenvalue weighted by molar-refractivity contribution is -0.133. The summed E-state index contributed by atoms with van der Waals surface area (Å²) in [5.74, 6) is -0.686. The maximum atomic E-state index is 13.3. The molecule has 9 nitrogen and oxygen atoms in total. The monoisotopic (exact) mass is 491 g/mol. The van der Waals surface area contributed by atoms with Gasteiger partial charge in [-0.25, -0.2) is 12.8 Å². The van der Waals surface area contributed by atoms with Gasteiger partial charge in [-0.2, -0.15) is 0 Å². The highest BCUT2D eigenvalue weighted by molar-refractivity contribution is 7.92. The van der Waals surface area contributed by atoms with Gasteiger partial charge in [0.25, 0.3) is 15.9 Å². The fourth-order valence-electron chi connectivity index (χ4n) is 4.23. The first kappa shape index (κ1) is 24.0. The average Bonchev–Trinajstić information content (AvgIpc) is 2.81. The van der Waals surface area contributed by atoms with Crippen molar-refractivity contribution in [3.05, 3.63) is 53.8 Å². The first-order valence-electron chi connectivity index (χ1n) is 10.9. The molecule has 34 heavy (non-hydrogen) atoms. The van der Waals surface area contributed by atoms with Crippen molar-refractivity contribution < 1.29 is 31.9 Å². The van der Waals surface area contributed by atoms with Crippen LogP contribution in [0.4, 0.5) is 10.1 Å². The van der Waals surface area contributed by atoms with Crippen LogP contribution in [0.2, 0.25) is 0 Å². The third kappa shape index (κ3) is 5.00. The quantitative estimate of drug-likeness (QED) is 0.663. The molecule has 182 valence electrons. The van der Waals surface area contributed by atoms with Crippen LogP contribution in [-0.4, -0.2) is 64.1 Å². The Morgan fingerprint density at radius 2 is 1.91 bits per heavy atom. The molecule has 0 bridgehead atoms. The molecule has 2 aliphatic heterocycles. The Kier molecular flexibility index (Phi) is 6.76. The summed E-state index contributed by atoms with van der Waals surface area (Å²) in [6.07, 6.45) is 0.851. The maximum Gasteiger partial charge on any atom is 0.261 e. The Morgan fingerprint density at radius 3 is 2.62 bits per heavy atom. The van der Waals surface area contributed by atoms with E-state index < -0.39 is 21.9 Å². The van der Waals surface area contributed by atoms with Crippen LogP contribution in [0.5, 0.6) is 5.75 Å². The molecule has 0 saturated carbocycles.